The van der Waals surface area contributed by atoms with Crippen LogP contribution < -0.4 is 0 Å². The molecule has 1 amide bonds. The van der Waals surface area contributed by atoms with Gasteiger partial charge in [-0.2, -0.15) is 0 Å². The fourth-order valence-electron chi connectivity index (χ4n) is 9.54. The number of hydrogen-bond donors (Lipinski definition) is 1. The Morgan fingerprint density at radius 3 is 2.41 bits per heavy atom. The first kappa shape index (κ1) is 31.7. The molecular weight excluding hydrogens is 562 g/mol. The SMILES string of the molecule is CC1=C[C@]23C(=O)[C@@H](C=C4COC(C)(C)O[C@H]4[C@]2(O)[C@H]1OC(=O)C1N(C(=O)OC(C)(C)C)CCC1(C)C)[C@H]1[C@@H](C[C@H]3C)C1(C)C. The van der Waals surface area contributed by atoms with Crippen LogP contribution in [0.3, 0.4) is 0 Å². The van der Waals surface area contributed by atoms with Crippen LogP contribution in [-0.4, -0.2) is 76.2 Å². The number of carbonyl (C=O) groups is 3. The highest BCUT2D eigenvalue weighted by Crippen LogP contribution is 2.72. The Morgan fingerprint density at radius 2 is 1.77 bits per heavy atom. The molecular formula is C35H51NO8. The van der Waals surface area contributed by atoms with Crippen molar-refractivity contribution in [2.75, 3.05) is 13.2 Å². The summed E-state index contributed by atoms with van der Waals surface area (Å²) in [7, 11) is 0. The number of likely N-dealkylation sites (tertiary alicyclic amines) is 1. The van der Waals surface area contributed by atoms with Gasteiger partial charge >= 0.3 is 12.1 Å². The molecule has 4 fully saturated rings. The lowest BCUT2D eigenvalue weighted by Gasteiger charge is -2.53. The predicted molar refractivity (Wildman–Crippen MR) is 162 cm³/mol. The molecule has 4 aliphatic carbocycles. The Bertz CT molecular complexity index is 1350. The van der Waals surface area contributed by atoms with Crippen LogP contribution in [0, 0.1) is 39.9 Å². The fourth-order valence-corrected chi connectivity index (χ4v) is 9.54. The van der Waals surface area contributed by atoms with Gasteiger partial charge in [-0.25, -0.2) is 9.59 Å². The van der Waals surface area contributed by atoms with Crippen molar-refractivity contribution in [3.05, 3.63) is 23.3 Å². The van der Waals surface area contributed by atoms with E-state index < -0.39 is 64.0 Å². The number of fused-ring (bicyclic) bond motifs is 5. The summed E-state index contributed by atoms with van der Waals surface area (Å²) in [6.45, 7) is 21.7. The van der Waals surface area contributed by atoms with Gasteiger partial charge in [0.25, 0.3) is 0 Å². The third-order valence-electron chi connectivity index (χ3n) is 11.8. The van der Waals surface area contributed by atoms with Gasteiger partial charge in [0.2, 0.25) is 0 Å². The molecule has 2 saturated carbocycles. The van der Waals surface area contributed by atoms with Crippen LogP contribution in [0.1, 0.15) is 89.0 Å². The molecule has 1 N–H and O–H groups in total. The van der Waals surface area contributed by atoms with Gasteiger partial charge in [0.1, 0.15) is 17.7 Å². The highest BCUT2D eigenvalue weighted by Gasteiger charge is 2.77. The van der Waals surface area contributed by atoms with E-state index in [1.165, 1.54) is 4.90 Å². The number of hydrogen-bond acceptors (Lipinski definition) is 8. The maximum Gasteiger partial charge on any atom is 0.411 e. The molecule has 9 atom stereocenters. The average molecular weight is 614 g/mol. The molecule has 244 valence electrons. The molecule has 1 unspecified atom stereocenters. The zero-order valence-electron chi connectivity index (χ0n) is 28.3. The lowest BCUT2D eigenvalue weighted by Crippen LogP contribution is -2.68. The molecule has 6 aliphatic rings. The van der Waals surface area contributed by atoms with Crippen molar-refractivity contribution in [3.63, 3.8) is 0 Å². The molecule has 2 saturated heterocycles. The van der Waals surface area contributed by atoms with Crippen molar-refractivity contribution in [3.8, 4) is 0 Å². The summed E-state index contributed by atoms with van der Waals surface area (Å²) >= 11 is 0. The topological polar surface area (TPSA) is 112 Å². The van der Waals surface area contributed by atoms with E-state index in [0.717, 1.165) is 6.42 Å². The number of esters is 1. The van der Waals surface area contributed by atoms with E-state index in [-0.39, 0.29) is 29.6 Å². The summed E-state index contributed by atoms with van der Waals surface area (Å²) in [5, 5.41) is 13.3. The third-order valence-corrected chi connectivity index (χ3v) is 11.8. The average Bonchev–Trinajstić information content (AvgIpc) is 3.17. The highest BCUT2D eigenvalue weighted by atomic mass is 16.7. The minimum Gasteiger partial charge on any atom is -0.453 e. The van der Waals surface area contributed by atoms with Gasteiger partial charge in [0, 0.05) is 12.5 Å². The van der Waals surface area contributed by atoms with Crippen LogP contribution in [-0.2, 0) is 28.5 Å². The van der Waals surface area contributed by atoms with E-state index in [4.69, 9.17) is 18.9 Å². The van der Waals surface area contributed by atoms with E-state index in [9.17, 15) is 19.5 Å². The standard InChI is InChI=1S/C35H51NO8/c1-18-16-34-19(2)14-22-23(32(22,8)9)21(25(34)37)15-20-17-41-33(10,11)43-27(20)35(34,40)26(18)42-28(38)24-31(6,7)12-13-36(24)29(39)44-30(3,4)5/h15-16,19,21-24,26-27,40H,12-14,17H2,1-11H3/t19-,21+,22-,23+,24?,26+,27-,34+,35-/m1/s1. The Morgan fingerprint density at radius 1 is 1.11 bits per heavy atom. The summed E-state index contributed by atoms with van der Waals surface area (Å²) in [4.78, 5) is 44.0. The first-order valence-electron chi connectivity index (χ1n) is 16.3. The van der Waals surface area contributed by atoms with Crippen LogP contribution in [0.25, 0.3) is 0 Å². The van der Waals surface area contributed by atoms with E-state index in [0.29, 0.717) is 30.0 Å². The molecule has 2 aliphatic heterocycles. The summed E-state index contributed by atoms with van der Waals surface area (Å²) in [6.07, 6.45) is 2.55. The van der Waals surface area contributed by atoms with Crippen LogP contribution in [0.5, 0.6) is 0 Å². The summed E-state index contributed by atoms with van der Waals surface area (Å²) in [6, 6.07) is -0.929. The van der Waals surface area contributed by atoms with E-state index in [2.05, 4.69) is 13.8 Å². The second kappa shape index (κ2) is 9.41. The number of aliphatic hydroxyl groups is 1. The summed E-state index contributed by atoms with van der Waals surface area (Å²) < 4.78 is 24.7. The van der Waals surface area contributed by atoms with Crippen molar-refractivity contribution < 1.29 is 38.4 Å². The molecule has 0 aromatic rings. The highest BCUT2D eigenvalue weighted by molar-refractivity contribution is 5.95. The van der Waals surface area contributed by atoms with E-state index in [1.54, 1.807) is 34.6 Å². The predicted octanol–water partition coefficient (Wildman–Crippen LogP) is 5.20. The van der Waals surface area contributed by atoms with Gasteiger partial charge in [-0.15, -0.1) is 0 Å². The minimum atomic E-state index is -1.91. The number of nitrogens with zero attached hydrogens (tertiary/aromatic N) is 1. The quantitative estimate of drug-likeness (QED) is 0.334. The van der Waals surface area contributed by atoms with Crippen LogP contribution in [0.4, 0.5) is 4.79 Å². The van der Waals surface area contributed by atoms with Gasteiger partial charge in [-0.05, 0) is 94.1 Å². The summed E-state index contributed by atoms with van der Waals surface area (Å²) in [5.74, 6) is -1.86. The number of rotatable bonds is 2. The van der Waals surface area contributed by atoms with Gasteiger partial charge in [-0.3, -0.25) is 9.69 Å². The Hall–Kier alpha value is -2.23. The van der Waals surface area contributed by atoms with Crippen molar-refractivity contribution in [1.82, 2.24) is 4.90 Å². The number of ketones is 1. The maximum absolute atomic E-state index is 15.0. The number of amides is 1. The molecule has 44 heavy (non-hydrogen) atoms. The largest absolute Gasteiger partial charge is 0.453 e. The zero-order valence-corrected chi connectivity index (χ0v) is 28.3. The third kappa shape index (κ3) is 4.31. The second-order valence-electron chi connectivity index (χ2n) is 17.1. The number of Topliss-reactive ketones (excluding diaryl/α,β-unsaturated/α-hetero) is 1. The van der Waals surface area contributed by atoms with Crippen LogP contribution >= 0.6 is 0 Å². The lowest BCUT2D eigenvalue weighted by molar-refractivity contribution is -0.304. The minimum absolute atomic E-state index is 0.00324. The molecule has 9 heteroatoms. The normalized spacial score (nSPS) is 43.0. The van der Waals surface area contributed by atoms with Crippen LogP contribution in [0.15, 0.2) is 23.3 Å². The monoisotopic (exact) mass is 613 g/mol. The lowest BCUT2D eigenvalue weighted by atomic mass is 9.58. The van der Waals surface area contributed by atoms with Crippen molar-refractivity contribution in [2.24, 2.45) is 39.9 Å². The number of allylic oxidation sites excluding steroid dienone is 1. The van der Waals surface area contributed by atoms with E-state index in [1.807, 2.05) is 39.8 Å². The first-order valence-corrected chi connectivity index (χ1v) is 16.3. The molecule has 6 rings (SSSR count). The molecule has 1 spiro atoms. The zero-order chi connectivity index (χ0) is 32.6. The smallest absolute Gasteiger partial charge is 0.411 e. The van der Waals surface area contributed by atoms with Crippen molar-refractivity contribution in [1.29, 1.82) is 0 Å². The van der Waals surface area contributed by atoms with Gasteiger partial charge < -0.3 is 24.1 Å². The molecule has 0 aromatic carbocycles. The van der Waals surface area contributed by atoms with Crippen molar-refractivity contribution >= 4 is 17.8 Å². The Kier molecular flexibility index (Phi) is 6.79. The molecule has 2 heterocycles. The van der Waals surface area contributed by atoms with Gasteiger partial charge in [0.05, 0.1) is 12.0 Å². The molecule has 0 aromatic heterocycles. The maximum atomic E-state index is 15.0. The van der Waals surface area contributed by atoms with Gasteiger partial charge in [0.15, 0.2) is 23.3 Å². The first-order chi connectivity index (χ1) is 20.1. The van der Waals surface area contributed by atoms with E-state index >= 15 is 0 Å². The van der Waals surface area contributed by atoms with Crippen LogP contribution in [0.2, 0.25) is 0 Å². The van der Waals surface area contributed by atoms with Gasteiger partial charge in [-0.1, -0.05) is 46.8 Å². The molecule has 9 nitrogen and oxygen atoms in total. The number of carbonyl (C=O) groups excluding carboxylic acids is 3. The molecule has 0 radical (unpaired) electrons. The second-order valence-corrected chi connectivity index (χ2v) is 17.1. The number of ether oxygens (including phenoxy) is 4. The Labute approximate surface area is 261 Å². The fraction of sp³-hybridized carbons (Fsp3) is 0.800. The van der Waals surface area contributed by atoms with Crippen molar-refractivity contribution in [2.45, 2.75) is 124 Å². The molecule has 2 bridgehead atoms. The summed E-state index contributed by atoms with van der Waals surface area (Å²) in [5.41, 5.74) is -3.24. The Balaban J connectivity index is 1.43.